The summed E-state index contributed by atoms with van der Waals surface area (Å²) >= 11 is 0. The molecule has 5 rings (SSSR count). The van der Waals surface area contributed by atoms with E-state index in [4.69, 9.17) is 4.98 Å². The lowest BCUT2D eigenvalue weighted by molar-refractivity contribution is 0.838. The maximum atomic E-state index is 4.81. The summed E-state index contributed by atoms with van der Waals surface area (Å²) in [6.07, 6.45) is 16.4. The van der Waals surface area contributed by atoms with Crippen LogP contribution in [-0.4, -0.2) is 24.3 Å². The molecule has 1 saturated carbocycles. The molecular weight excluding hydrogens is 274 g/mol. The summed E-state index contributed by atoms with van der Waals surface area (Å²) < 4.78 is 1.95. The summed E-state index contributed by atoms with van der Waals surface area (Å²) in [7, 11) is 0. The molecule has 3 aromatic rings. The lowest BCUT2D eigenvalue weighted by Crippen LogP contribution is -2.08. The van der Waals surface area contributed by atoms with Crippen LogP contribution in [0.25, 0.3) is 11.4 Å². The Balaban J connectivity index is 0.00000135. The van der Waals surface area contributed by atoms with Gasteiger partial charge in [-0.05, 0) is 31.3 Å². The highest BCUT2D eigenvalue weighted by molar-refractivity contribution is 5.81. The Morgan fingerprint density at radius 2 is 2.09 bits per heavy atom. The van der Waals surface area contributed by atoms with Crippen LogP contribution < -0.4 is 0 Å². The molecule has 5 nitrogen and oxygen atoms in total. The van der Waals surface area contributed by atoms with E-state index in [1.165, 1.54) is 24.1 Å². The van der Waals surface area contributed by atoms with Crippen LogP contribution in [0.5, 0.6) is 0 Å². The third-order valence-electron chi connectivity index (χ3n) is 4.41. The molecule has 0 amide bonds. The molecule has 0 atom stereocenters. The fourth-order valence-corrected chi connectivity index (χ4v) is 3.08. The maximum absolute atomic E-state index is 4.81. The fraction of sp³-hybridized carbons (Fsp3) is 0.294. The van der Waals surface area contributed by atoms with E-state index in [1.807, 2.05) is 23.0 Å². The van der Waals surface area contributed by atoms with Gasteiger partial charge in [0.2, 0.25) is 5.78 Å². The number of allylic oxidation sites excluding steroid dienone is 1. The highest BCUT2D eigenvalue weighted by Crippen LogP contribution is 2.39. The number of hydrogen-bond donors (Lipinski definition) is 0. The van der Waals surface area contributed by atoms with Crippen molar-refractivity contribution in [2.45, 2.75) is 31.6 Å². The predicted molar refractivity (Wildman–Crippen MR) is 84.5 cm³/mol. The normalized spacial score (nSPS) is 17.4. The first-order chi connectivity index (χ1) is 10.9. The SMILES string of the molecule is C1=C(c2cnc3nccn3c2)c2cnc(C3CC3)nc2CC1.[HH]. The first-order valence-corrected chi connectivity index (χ1v) is 7.74. The molecule has 0 radical (unpaired) electrons. The number of rotatable bonds is 2. The molecular formula is C17H17N5. The maximum Gasteiger partial charge on any atom is 0.233 e. The first kappa shape index (κ1) is 12.0. The van der Waals surface area contributed by atoms with E-state index in [1.54, 1.807) is 6.20 Å². The molecule has 1 fully saturated rings. The fourth-order valence-electron chi connectivity index (χ4n) is 3.08. The number of aryl methyl sites for hydroxylation is 1. The van der Waals surface area contributed by atoms with Crippen molar-refractivity contribution in [3.05, 3.63) is 59.7 Å². The minimum atomic E-state index is 0. The highest BCUT2D eigenvalue weighted by atomic mass is 15.1. The van der Waals surface area contributed by atoms with Gasteiger partial charge in [0.05, 0.1) is 5.69 Å². The van der Waals surface area contributed by atoms with Crippen molar-refractivity contribution in [2.75, 3.05) is 0 Å². The van der Waals surface area contributed by atoms with Gasteiger partial charge in [0.25, 0.3) is 0 Å². The molecule has 0 N–H and O–H groups in total. The van der Waals surface area contributed by atoms with Gasteiger partial charge in [-0.3, -0.25) is 4.40 Å². The molecule has 2 aliphatic carbocycles. The lowest BCUT2D eigenvalue weighted by Gasteiger charge is -2.17. The van der Waals surface area contributed by atoms with Crippen LogP contribution in [0, 0.1) is 0 Å². The molecule has 0 unspecified atom stereocenters. The summed E-state index contributed by atoms with van der Waals surface area (Å²) in [4.78, 5) is 18.0. The Bertz CT molecular complexity index is 910. The van der Waals surface area contributed by atoms with Crippen molar-refractivity contribution in [3.8, 4) is 0 Å². The predicted octanol–water partition coefficient (Wildman–Crippen LogP) is 3.02. The van der Waals surface area contributed by atoms with Crippen LogP contribution in [0.4, 0.5) is 0 Å². The molecule has 0 aliphatic heterocycles. The number of hydrogen-bond acceptors (Lipinski definition) is 4. The van der Waals surface area contributed by atoms with Crippen LogP contribution in [0.2, 0.25) is 0 Å². The van der Waals surface area contributed by atoms with E-state index in [0.717, 1.165) is 35.6 Å². The lowest BCUT2D eigenvalue weighted by atomic mass is 9.92. The average molecular weight is 291 g/mol. The smallest absolute Gasteiger partial charge is 0.233 e. The van der Waals surface area contributed by atoms with Crippen molar-refractivity contribution in [1.82, 2.24) is 24.3 Å². The monoisotopic (exact) mass is 291 g/mol. The van der Waals surface area contributed by atoms with E-state index in [9.17, 15) is 0 Å². The Morgan fingerprint density at radius 1 is 1.14 bits per heavy atom. The zero-order chi connectivity index (χ0) is 14.5. The Kier molecular flexibility index (Phi) is 2.44. The van der Waals surface area contributed by atoms with Crippen LogP contribution in [0.3, 0.4) is 0 Å². The molecule has 110 valence electrons. The second kappa shape index (κ2) is 4.47. The van der Waals surface area contributed by atoms with Gasteiger partial charge >= 0.3 is 0 Å². The number of aromatic nitrogens is 5. The average Bonchev–Trinajstić information content (AvgIpc) is 3.31. The molecule has 0 spiro atoms. The van der Waals surface area contributed by atoms with Gasteiger partial charge in [0.15, 0.2) is 0 Å². The van der Waals surface area contributed by atoms with Crippen molar-refractivity contribution in [3.63, 3.8) is 0 Å². The quantitative estimate of drug-likeness (QED) is 0.728. The standard InChI is InChI=1S/C17H15N5.H2/c1-2-13(12-8-20-17-18-6-7-22(17)10-12)14-9-19-16(11-4-5-11)21-15(14)3-1;/h2,6-11H,1,3-5H2;1H. The van der Waals surface area contributed by atoms with Crippen molar-refractivity contribution in [2.24, 2.45) is 0 Å². The molecule has 2 aliphatic rings. The molecule has 3 heterocycles. The molecule has 22 heavy (non-hydrogen) atoms. The Morgan fingerprint density at radius 3 is 3.00 bits per heavy atom. The summed E-state index contributed by atoms with van der Waals surface area (Å²) in [5.74, 6) is 2.35. The molecule has 0 aromatic carbocycles. The minimum absolute atomic E-state index is 0. The van der Waals surface area contributed by atoms with Gasteiger partial charge < -0.3 is 0 Å². The van der Waals surface area contributed by atoms with Gasteiger partial charge in [-0.2, -0.15) is 0 Å². The zero-order valence-corrected chi connectivity index (χ0v) is 12.1. The van der Waals surface area contributed by atoms with E-state index < -0.39 is 0 Å². The van der Waals surface area contributed by atoms with Crippen molar-refractivity contribution in [1.29, 1.82) is 0 Å². The second-order valence-corrected chi connectivity index (χ2v) is 6.00. The molecule has 3 aromatic heterocycles. The van der Waals surface area contributed by atoms with Crippen LogP contribution in [0.15, 0.2) is 37.1 Å². The largest absolute Gasteiger partial charge is 0.291 e. The second-order valence-electron chi connectivity index (χ2n) is 6.00. The Labute approximate surface area is 129 Å². The topological polar surface area (TPSA) is 56.0 Å². The highest BCUT2D eigenvalue weighted by Gasteiger charge is 2.28. The van der Waals surface area contributed by atoms with Gasteiger partial charge in [-0.1, -0.05) is 6.08 Å². The van der Waals surface area contributed by atoms with E-state index in [0.29, 0.717) is 5.92 Å². The van der Waals surface area contributed by atoms with E-state index in [-0.39, 0.29) is 1.43 Å². The third kappa shape index (κ3) is 1.85. The van der Waals surface area contributed by atoms with Gasteiger partial charge in [0, 0.05) is 49.5 Å². The number of imidazole rings is 1. The molecule has 0 saturated heterocycles. The summed E-state index contributed by atoms with van der Waals surface area (Å²) in [5, 5.41) is 0. The minimum Gasteiger partial charge on any atom is -0.291 e. The summed E-state index contributed by atoms with van der Waals surface area (Å²) in [6.45, 7) is 0. The molecule has 0 bridgehead atoms. The zero-order valence-electron chi connectivity index (χ0n) is 12.1. The van der Waals surface area contributed by atoms with E-state index >= 15 is 0 Å². The number of fused-ring (bicyclic) bond motifs is 2. The van der Waals surface area contributed by atoms with Gasteiger partial charge in [0.1, 0.15) is 5.82 Å². The van der Waals surface area contributed by atoms with Crippen LogP contribution in [-0.2, 0) is 6.42 Å². The first-order valence-electron chi connectivity index (χ1n) is 7.74. The van der Waals surface area contributed by atoms with Gasteiger partial charge in [-0.25, -0.2) is 19.9 Å². The van der Waals surface area contributed by atoms with Crippen molar-refractivity contribution < 1.29 is 1.43 Å². The summed E-state index contributed by atoms with van der Waals surface area (Å²) in [5.41, 5.74) is 4.61. The number of nitrogens with zero attached hydrogens (tertiary/aromatic N) is 5. The van der Waals surface area contributed by atoms with Crippen LogP contribution in [0.1, 0.15) is 49.3 Å². The third-order valence-corrected chi connectivity index (χ3v) is 4.41. The van der Waals surface area contributed by atoms with Crippen molar-refractivity contribution >= 4 is 11.4 Å². The Hall–Kier alpha value is -2.56. The van der Waals surface area contributed by atoms with Crippen LogP contribution >= 0.6 is 0 Å². The van der Waals surface area contributed by atoms with Gasteiger partial charge in [-0.15, -0.1) is 0 Å². The summed E-state index contributed by atoms with van der Waals surface area (Å²) in [6, 6.07) is 0. The molecule has 5 heteroatoms. The van der Waals surface area contributed by atoms with E-state index in [2.05, 4.69) is 27.2 Å².